The second-order valence-corrected chi connectivity index (χ2v) is 5.09. The molecular weight excluding hydrogens is 266 g/mol. The van der Waals surface area contributed by atoms with Crippen molar-refractivity contribution < 1.29 is 0 Å². The van der Waals surface area contributed by atoms with Crippen LogP contribution in [0.3, 0.4) is 0 Å². The topological polar surface area (TPSA) is 26.0 Å². The van der Waals surface area contributed by atoms with E-state index < -0.39 is 0 Å². The third-order valence-electron chi connectivity index (χ3n) is 2.92. The molecule has 2 aromatic carbocycles. The van der Waals surface area contributed by atoms with Crippen LogP contribution < -0.4 is 5.73 Å². The van der Waals surface area contributed by atoms with E-state index >= 15 is 0 Å². The monoisotopic (exact) mass is 297 g/mol. The molecule has 0 fully saturated rings. The van der Waals surface area contributed by atoms with Crippen molar-refractivity contribution in [2.24, 2.45) is 5.73 Å². The molecule has 0 amide bonds. The minimum absolute atomic E-state index is 0.276. The maximum absolute atomic E-state index is 6.05. The third-order valence-corrected chi connectivity index (χ3v) is 2.92. The van der Waals surface area contributed by atoms with Crippen LogP contribution in [0.1, 0.15) is 58.2 Å². The Morgan fingerprint density at radius 2 is 1.09 bits per heavy atom. The molecule has 1 nitrogen and oxygen atoms in total. The second kappa shape index (κ2) is 10.8. The number of benzene rings is 2. The predicted molar refractivity (Wildman–Crippen MR) is 102 cm³/mol. The van der Waals surface area contributed by atoms with Crippen LogP contribution >= 0.6 is 0 Å². The van der Waals surface area contributed by atoms with Gasteiger partial charge in [-0.15, -0.1) is 0 Å². The first-order chi connectivity index (χ1) is 10.6. The first kappa shape index (κ1) is 20.1. The molecule has 2 N–H and O–H groups in total. The lowest BCUT2D eigenvalue weighted by atomic mass is 9.95. The van der Waals surface area contributed by atoms with Crippen molar-refractivity contribution in [3.05, 3.63) is 71.3 Å². The minimum Gasteiger partial charge on any atom is -0.322 e. The van der Waals surface area contributed by atoms with Gasteiger partial charge in [0.2, 0.25) is 0 Å². The van der Waals surface area contributed by atoms with Gasteiger partial charge in [-0.2, -0.15) is 0 Å². The summed E-state index contributed by atoms with van der Waals surface area (Å²) in [7, 11) is 0. The summed E-state index contributed by atoms with van der Waals surface area (Å²) in [6, 6.07) is 18.7. The van der Waals surface area contributed by atoms with Crippen LogP contribution in [0, 0.1) is 0 Å². The molecule has 0 bridgehead atoms. The van der Waals surface area contributed by atoms with Gasteiger partial charge in [-0.3, -0.25) is 0 Å². The van der Waals surface area contributed by atoms with E-state index in [2.05, 4.69) is 48.6 Å². The summed E-state index contributed by atoms with van der Waals surface area (Å²) in [5, 5.41) is 0. The molecule has 1 heteroatoms. The van der Waals surface area contributed by atoms with Crippen LogP contribution in [0.15, 0.2) is 54.6 Å². The first-order valence-electron chi connectivity index (χ1n) is 8.18. The maximum Gasteiger partial charge on any atom is 0.0352 e. The zero-order valence-corrected chi connectivity index (χ0v) is 14.9. The summed E-state index contributed by atoms with van der Waals surface area (Å²) in [5.74, 6) is 0. The molecule has 0 aliphatic heterocycles. The van der Waals surface area contributed by atoms with Gasteiger partial charge in [0.25, 0.3) is 0 Å². The summed E-state index contributed by atoms with van der Waals surface area (Å²) in [6.45, 7) is 12.0. The lowest BCUT2D eigenvalue weighted by molar-refractivity contribution is 0.554. The molecule has 0 heterocycles. The van der Waals surface area contributed by atoms with Crippen molar-refractivity contribution in [3.8, 4) is 0 Å². The van der Waals surface area contributed by atoms with Crippen LogP contribution in [0.5, 0.6) is 0 Å². The van der Waals surface area contributed by atoms with E-state index in [1.165, 1.54) is 11.1 Å². The summed E-state index contributed by atoms with van der Waals surface area (Å²) in [4.78, 5) is 0. The van der Waals surface area contributed by atoms with E-state index in [-0.39, 0.29) is 5.54 Å². The van der Waals surface area contributed by atoms with Crippen molar-refractivity contribution in [1.29, 1.82) is 0 Å². The average Bonchev–Trinajstić information content (AvgIpc) is 2.57. The SMILES string of the molecule is CC.CC.CC(C)(N)c1ccc(/C=C/c2ccccc2)cc1. The van der Waals surface area contributed by atoms with Crippen LogP contribution in [-0.4, -0.2) is 0 Å². The van der Waals surface area contributed by atoms with Crippen LogP contribution in [0.2, 0.25) is 0 Å². The van der Waals surface area contributed by atoms with E-state index in [0.29, 0.717) is 0 Å². The highest BCUT2D eigenvalue weighted by Gasteiger charge is 2.12. The summed E-state index contributed by atoms with van der Waals surface area (Å²) in [6.07, 6.45) is 4.23. The minimum atomic E-state index is -0.276. The quantitative estimate of drug-likeness (QED) is 0.680. The fraction of sp³-hybridized carbons (Fsp3) is 0.333. The zero-order valence-electron chi connectivity index (χ0n) is 14.9. The smallest absolute Gasteiger partial charge is 0.0352 e. The lowest BCUT2D eigenvalue weighted by Crippen LogP contribution is -2.28. The second-order valence-electron chi connectivity index (χ2n) is 5.09. The molecule has 2 aromatic rings. The van der Waals surface area contributed by atoms with Crippen LogP contribution in [0.4, 0.5) is 0 Å². The van der Waals surface area contributed by atoms with Gasteiger partial charge in [-0.25, -0.2) is 0 Å². The molecular formula is C21H31N. The molecule has 0 atom stereocenters. The zero-order chi connectivity index (χ0) is 17.0. The summed E-state index contributed by atoms with van der Waals surface area (Å²) >= 11 is 0. The Morgan fingerprint density at radius 1 is 0.682 bits per heavy atom. The van der Waals surface area contributed by atoms with Crippen LogP contribution in [0.25, 0.3) is 12.2 Å². The van der Waals surface area contributed by atoms with E-state index in [4.69, 9.17) is 5.73 Å². The van der Waals surface area contributed by atoms with Gasteiger partial charge in [-0.1, -0.05) is 94.4 Å². The predicted octanol–water partition coefficient (Wildman–Crippen LogP) is 6.10. The molecule has 2 rings (SSSR count). The Bertz CT molecular complexity index is 516. The fourth-order valence-corrected chi connectivity index (χ4v) is 1.78. The van der Waals surface area contributed by atoms with Gasteiger partial charge in [0.05, 0.1) is 0 Å². The normalized spacial score (nSPS) is 10.3. The van der Waals surface area contributed by atoms with Gasteiger partial charge >= 0.3 is 0 Å². The lowest BCUT2D eigenvalue weighted by Gasteiger charge is -2.18. The Hall–Kier alpha value is -1.86. The fourth-order valence-electron chi connectivity index (χ4n) is 1.78. The van der Waals surface area contributed by atoms with Gasteiger partial charge in [0.15, 0.2) is 0 Å². The van der Waals surface area contributed by atoms with Gasteiger partial charge in [0, 0.05) is 5.54 Å². The van der Waals surface area contributed by atoms with E-state index in [0.717, 1.165) is 5.56 Å². The molecule has 0 saturated carbocycles. The maximum atomic E-state index is 6.05. The van der Waals surface area contributed by atoms with Crippen molar-refractivity contribution in [3.63, 3.8) is 0 Å². The Labute approximate surface area is 136 Å². The number of hydrogen-bond donors (Lipinski definition) is 1. The van der Waals surface area contributed by atoms with Gasteiger partial charge in [0.1, 0.15) is 0 Å². The first-order valence-corrected chi connectivity index (χ1v) is 8.18. The highest BCUT2D eigenvalue weighted by Crippen LogP contribution is 2.18. The van der Waals surface area contributed by atoms with Gasteiger partial charge < -0.3 is 5.73 Å². The highest BCUT2D eigenvalue weighted by atomic mass is 14.7. The Morgan fingerprint density at radius 3 is 1.50 bits per heavy atom. The average molecular weight is 297 g/mol. The molecule has 0 aliphatic carbocycles. The molecule has 0 aliphatic rings. The number of hydrogen-bond acceptors (Lipinski definition) is 1. The Balaban J connectivity index is 0.00000102. The molecule has 0 aromatic heterocycles. The largest absolute Gasteiger partial charge is 0.322 e. The van der Waals surface area contributed by atoms with E-state index in [1.54, 1.807) is 0 Å². The summed E-state index contributed by atoms with van der Waals surface area (Å²) in [5.41, 5.74) is 9.33. The number of rotatable bonds is 3. The van der Waals surface area contributed by atoms with E-state index in [1.807, 2.05) is 59.7 Å². The molecule has 0 spiro atoms. The van der Waals surface area contributed by atoms with Crippen LogP contribution in [-0.2, 0) is 5.54 Å². The van der Waals surface area contributed by atoms with Crippen molar-refractivity contribution in [2.45, 2.75) is 47.1 Å². The van der Waals surface area contributed by atoms with Crippen molar-refractivity contribution >= 4 is 12.2 Å². The molecule has 0 saturated heterocycles. The van der Waals surface area contributed by atoms with Gasteiger partial charge in [-0.05, 0) is 30.5 Å². The van der Waals surface area contributed by atoms with Crippen molar-refractivity contribution in [1.82, 2.24) is 0 Å². The molecule has 120 valence electrons. The van der Waals surface area contributed by atoms with E-state index in [9.17, 15) is 0 Å². The number of nitrogens with two attached hydrogens (primary N) is 1. The highest BCUT2D eigenvalue weighted by molar-refractivity contribution is 5.69. The molecule has 0 radical (unpaired) electrons. The Kier molecular flexibility index (Phi) is 9.89. The summed E-state index contributed by atoms with van der Waals surface area (Å²) < 4.78 is 0. The third kappa shape index (κ3) is 7.24. The molecule has 0 unspecified atom stereocenters. The van der Waals surface area contributed by atoms with Crippen molar-refractivity contribution in [2.75, 3.05) is 0 Å². The molecule has 22 heavy (non-hydrogen) atoms. The standard InChI is InChI=1S/C17H19N.2C2H6/c1-17(2,18)16-12-10-15(11-13-16)9-8-14-6-4-3-5-7-14;2*1-2/h3-13H,18H2,1-2H3;2*1-2H3/b9-8+;;.